The van der Waals surface area contributed by atoms with Gasteiger partial charge in [0.25, 0.3) is 0 Å². The molecule has 3 rings (SSSR count). The van der Waals surface area contributed by atoms with Crippen LogP contribution in [0.5, 0.6) is 11.5 Å². The maximum Gasteiger partial charge on any atom is 0.347 e. The van der Waals surface area contributed by atoms with Crippen molar-refractivity contribution < 1.29 is 28.5 Å². The Morgan fingerprint density at radius 1 is 0.618 bits per heavy atom. The van der Waals surface area contributed by atoms with Crippen molar-refractivity contribution in [2.24, 2.45) is 0 Å². The van der Waals surface area contributed by atoms with Crippen molar-refractivity contribution in [2.45, 2.75) is 65.6 Å². The molecule has 0 bridgehead atoms. The molecule has 0 aliphatic heterocycles. The highest BCUT2D eigenvalue weighted by atomic mass is 16.6. The van der Waals surface area contributed by atoms with Crippen molar-refractivity contribution in [3.8, 4) is 11.5 Å². The minimum Gasteiger partial charge on any atom is -0.477 e. The lowest BCUT2D eigenvalue weighted by Gasteiger charge is -2.23. The highest BCUT2D eigenvalue weighted by molar-refractivity contribution is 6.11. The van der Waals surface area contributed by atoms with Crippen LogP contribution in [0.15, 0.2) is 48.5 Å². The predicted molar refractivity (Wildman–Crippen MR) is 133 cm³/mol. The van der Waals surface area contributed by atoms with E-state index >= 15 is 0 Å². The van der Waals surface area contributed by atoms with Crippen LogP contribution in [-0.4, -0.2) is 37.4 Å². The number of rotatable bonds is 12. The standard InChI is InChI=1S/C28H34O6/c1-5-13-23(27(29)31-7-3)33-25-19-15-9-11-17-21(19)26(22-18-12-10-16-20(22)25)34-24(14-6-2)28(30)32-8-4/h9-12,15-18,23-24H,5-8,13-14H2,1-4H3. The Bertz CT molecular complexity index is 978. The zero-order valence-electron chi connectivity index (χ0n) is 20.5. The van der Waals surface area contributed by atoms with E-state index < -0.39 is 12.2 Å². The molecule has 3 aromatic rings. The second-order valence-electron chi connectivity index (χ2n) is 8.04. The highest BCUT2D eigenvalue weighted by Crippen LogP contribution is 2.43. The van der Waals surface area contributed by atoms with E-state index in [0.29, 0.717) is 37.6 Å². The average Bonchev–Trinajstić information content (AvgIpc) is 2.85. The van der Waals surface area contributed by atoms with E-state index in [1.165, 1.54) is 0 Å². The first-order valence-electron chi connectivity index (χ1n) is 12.2. The van der Waals surface area contributed by atoms with Crippen LogP contribution >= 0.6 is 0 Å². The number of esters is 2. The second-order valence-corrected chi connectivity index (χ2v) is 8.04. The molecule has 0 radical (unpaired) electrons. The third-order valence-electron chi connectivity index (χ3n) is 5.55. The fraction of sp³-hybridized carbons (Fsp3) is 0.429. The number of fused-ring (bicyclic) bond motifs is 2. The van der Waals surface area contributed by atoms with Gasteiger partial charge in [-0.1, -0.05) is 75.2 Å². The zero-order chi connectivity index (χ0) is 24.5. The Kier molecular flexibility index (Phi) is 9.14. The summed E-state index contributed by atoms with van der Waals surface area (Å²) in [7, 11) is 0. The van der Waals surface area contributed by atoms with Crippen LogP contribution in [0, 0.1) is 0 Å². The molecule has 34 heavy (non-hydrogen) atoms. The number of hydrogen-bond acceptors (Lipinski definition) is 6. The first-order chi connectivity index (χ1) is 16.5. The molecule has 0 heterocycles. The quantitative estimate of drug-likeness (QED) is 0.233. The summed E-state index contributed by atoms with van der Waals surface area (Å²) in [5, 5.41) is 3.22. The van der Waals surface area contributed by atoms with Gasteiger partial charge in [-0.2, -0.15) is 0 Å². The van der Waals surface area contributed by atoms with Gasteiger partial charge in [0.2, 0.25) is 0 Å². The molecule has 3 aromatic carbocycles. The monoisotopic (exact) mass is 466 g/mol. The Morgan fingerprint density at radius 3 is 1.21 bits per heavy atom. The van der Waals surface area contributed by atoms with E-state index in [0.717, 1.165) is 34.4 Å². The third-order valence-corrected chi connectivity index (χ3v) is 5.55. The van der Waals surface area contributed by atoms with Gasteiger partial charge in [0.15, 0.2) is 12.2 Å². The molecule has 0 saturated carbocycles. The minimum absolute atomic E-state index is 0.295. The summed E-state index contributed by atoms with van der Waals surface area (Å²) < 4.78 is 23.3. The Hall–Kier alpha value is -3.28. The Labute approximate surface area is 201 Å². The van der Waals surface area contributed by atoms with Crippen molar-refractivity contribution in [2.75, 3.05) is 13.2 Å². The molecule has 0 amide bonds. The maximum absolute atomic E-state index is 12.6. The second kappa shape index (κ2) is 12.3. The smallest absolute Gasteiger partial charge is 0.347 e. The summed E-state index contributed by atoms with van der Waals surface area (Å²) in [6.45, 7) is 8.17. The molecule has 0 fully saturated rings. The fourth-order valence-corrected chi connectivity index (χ4v) is 4.03. The maximum atomic E-state index is 12.6. The minimum atomic E-state index is -0.712. The lowest BCUT2D eigenvalue weighted by atomic mass is 10.00. The molecule has 2 unspecified atom stereocenters. The van der Waals surface area contributed by atoms with E-state index in [4.69, 9.17) is 18.9 Å². The molecule has 2 atom stereocenters. The van der Waals surface area contributed by atoms with Crippen LogP contribution in [0.1, 0.15) is 53.4 Å². The highest BCUT2D eigenvalue weighted by Gasteiger charge is 2.27. The summed E-state index contributed by atoms with van der Waals surface area (Å²) in [4.78, 5) is 25.2. The average molecular weight is 467 g/mol. The van der Waals surface area contributed by atoms with Gasteiger partial charge in [0.1, 0.15) is 11.5 Å². The first kappa shape index (κ1) is 25.3. The lowest BCUT2D eigenvalue weighted by Crippen LogP contribution is -2.30. The summed E-state index contributed by atoms with van der Waals surface area (Å²) in [6, 6.07) is 15.4. The summed E-state index contributed by atoms with van der Waals surface area (Å²) in [6.07, 6.45) is 1.21. The number of benzene rings is 3. The van der Waals surface area contributed by atoms with Crippen LogP contribution < -0.4 is 9.47 Å². The molecular formula is C28H34O6. The van der Waals surface area contributed by atoms with Gasteiger partial charge in [-0.25, -0.2) is 9.59 Å². The van der Waals surface area contributed by atoms with Gasteiger partial charge in [-0.15, -0.1) is 0 Å². The van der Waals surface area contributed by atoms with Crippen molar-refractivity contribution >= 4 is 33.5 Å². The van der Waals surface area contributed by atoms with Gasteiger partial charge in [0, 0.05) is 21.5 Å². The molecule has 182 valence electrons. The van der Waals surface area contributed by atoms with Crippen LogP contribution in [0.2, 0.25) is 0 Å². The summed E-state index contributed by atoms with van der Waals surface area (Å²) >= 11 is 0. The predicted octanol–water partition coefficient (Wildman–Crippen LogP) is 6.21. The van der Waals surface area contributed by atoms with Gasteiger partial charge in [-0.3, -0.25) is 0 Å². The van der Waals surface area contributed by atoms with E-state index in [9.17, 15) is 9.59 Å². The lowest BCUT2D eigenvalue weighted by molar-refractivity contribution is -0.152. The van der Waals surface area contributed by atoms with Crippen molar-refractivity contribution in [3.63, 3.8) is 0 Å². The summed E-state index contributed by atoms with van der Waals surface area (Å²) in [5.74, 6) is 0.466. The number of ether oxygens (including phenoxy) is 4. The first-order valence-corrected chi connectivity index (χ1v) is 12.2. The molecule has 0 aromatic heterocycles. The molecule has 0 aliphatic rings. The number of carbonyl (C=O) groups excluding carboxylic acids is 2. The molecule has 6 heteroatoms. The third kappa shape index (κ3) is 5.61. The van der Waals surface area contributed by atoms with Gasteiger partial charge in [0.05, 0.1) is 13.2 Å². The number of carbonyl (C=O) groups is 2. The zero-order valence-corrected chi connectivity index (χ0v) is 20.5. The number of hydrogen-bond donors (Lipinski definition) is 0. The van der Waals surface area contributed by atoms with Crippen molar-refractivity contribution in [1.29, 1.82) is 0 Å². The molecule has 0 aliphatic carbocycles. The van der Waals surface area contributed by atoms with E-state index in [-0.39, 0.29) is 11.9 Å². The van der Waals surface area contributed by atoms with E-state index in [1.807, 2.05) is 62.4 Å². The fourth-order valence-electron chi connectivity index (χ4n) is 4.03. The van der Waals surface area contributed by atoms with Crippen LogP contribution in [0.25, 0.3) is 21.5 Å². The van der Waals surface area contributed by atoms with Crippen LogP contribution in [0.4, 0.5) is 0 Å². The van der Waals surface area contributed by atoms with Crippen LogP contribution in [0.3, 0.4) is 0 Å². The van der Waals surface area contributed by atoms with E-state index in [2.05, 4.69) is 0 Å². The van der Waals surface area contributed by atoms with Gasteiger partial charge < -0.3 is 18.9 Å². The largest absolute Gasteiger partial charge is 0.477 e. The molecule has 6 nitrogen and oxygen atoms in total. The topological polar surface area (TPSA) is 71.1 Å². The summed E-state index contributed by atoms with van der Waals surface area (Å²) in [5.41, 5.74) is 0. The Balaban J connectivity index is 2.18. The Morgan fingerprint density at radius 2 is 0.941 bits per heavy atom. The molecule has 0 N–H and O–H groups in total. The SMILES string of the molecule is CCCC(Oc1c2ccccc2c(OC(CCC)C(=O)OCC)c2ccccc12)C(=O)OCC. The molecule has 0 spiro atoms. The van der Waals surface area contributed by atoms with Gasteiger partial charge in [-0.05, 0) is 26.7 Å². The van der Waals surface area contributed by atoms with Crippen molar-refractivity contribution in [1.82, 2.24) is 0 Å². The molecule has 0 saturated heterocycles. The molecular weight excluding hydrogens is 432 g/mol. The van der Waals surface area contributed by atoms with Crippen LogP contribution in [-0.2, 0) is 19.1 Å². The normalized spacial score (nSPS) is 12.8. The van der Waals surface area contributed by atoms with E-state index in [1.54, 1.807) is 13.8 Å². The van der Waals surface area contributed by atoms with Gasteiger partial charge >= 0.3 is 11.9 Å². The van der Waals surface area contributed by atoms with Crippen molar-refractivity contribution in [3.05, 3.63) is 48.5 Å².